The smallest absolute Gasteiger partial charge is 0.246 e. The van der Waals surface area contributed by atoms with Crippen LogP contribution in [0.25, 0.3) is 0 Å². The number of likely N-dealkylation sites (tertiary alicyclic amines) is 2. The van der Waals surface area contributed by atoms with Crippen LogP contribution in [0.5, 0.6) is 0 Å². The Morgan fingerprint density at radius 1 is 0.871 bits per heavy atom. The second-order valence-electron chi connectivity index (χ2n) is 8.51. The van der Waals surface area contributed by atoms with E-state index in [0.717, 1.165) is 44.3 Å². The van der Waals surface area contributed by atoms with Gasteiger partial charge in [0.1, 0.15) is 11.9 Å². The molecule has 2 heterocycles. The first-order valence-corrected chi connectivity index (χ1v) is 11.3. The molecule has 2 aromatic rings. The molecule has 2 aromatic carbocycles. The topological polar surface area (TPSA) is 52.7 Å². The maximum atomic E-state index is 13.2. The van der Waals surface area contributed by atoms with Gasteiger partial charge in [-0.25, -0.2) is 4.39 Å². The third-order valence-corrected chi connectivity index (χ3v) is 6.39. The van der Waals surface area contributed by atoms with Gasteiger partial charge in [-0.2, -0.15) is 0 Å². The van der Waals surface area contributed by atoms with Crippen molar-refractivity contribution < 1.29 is 14.0 Å². The number of amides is 2. The summed E-state index contributed by atoms with van der Waals surface area (Å²) in [5.41, 5.74) is 1.49. The second-order valence-corrected chi connectivity index (χ2v) is 8.51. The molecule has 2 aliphatic heterocycles. The number of nitrogens with one attached hydrogen (secondary N) is 1. The van der Waals surface area contributed by atoms with Crippen molar-refractivity contribution in [1.29, 1.82) is 0 Å². The van der Waals surface area contributed by atoms with Crippen LogP contribution >= 0.6 is 0 Å². The van der Waals surface area contributed by atoms with Gasteiger partial charge in [-0.3, -0.25) is 14.5 Å². The largest absolute Gasteiger partial charge is 0.342 e. The maximum absolute atomic E-state index is 13.2. The highest BCUT2D eigenvalue weighted by molar-refractivity contribution is 5.95. The first-order valence-electron chi connectivity index (χ1n) is 11.3. The normalized spacial score (nSPS) is 19.1. The fraction of sp³-hybridized carbons (Fsp3) is 0.440. The lowest BCUT2D eigenvalue weighted by molar-refractivity contribution is -0.138. The van der Waals surface area contributed by atoms with E-state index in [2.05, 4.69) is 10.2 Å². The number of piperidine rings is 2. The Morgan fingerprint density at radius 2 is 1.52 bits per heavy atom. The zero-order valence-corrected chi connectivity index (χ0v) is 17.8. The highest BCUT2D eigenvalue weighted by Crippen LogP contribution is 2.29. The Kier molecular flexibility index (Phi) is 6.97. The van der Waals surface area contributed by atoms with Gasteiger partial charge >= 0.3 is 0 Å². The summed E-state index contributed by atoms with van der Waals surface area (Å²) in [4.78, 5) is 30.3. The van der Waals surface area contributed by atoms with Gasteiger partial charge in [-0.15, -0.1) is 0 Å². The number of carbonyl (C=O) groups excluding carboxylic acids is 2. The van der Waals surface area contributed by atoms with Gasteiger partial charge in [-0.1, -0.05) is 30.3 Å². The van der Waals surface area contributed by atoms with Crippen molar-refractivity contribution in [3.05, 3.63) is 66.0 Å². The van der Waals surface area contributed by atoms with Crippen LogP contribution in [0.4, 0.5) is 10.1 Å². The van der Waals surface area contributed by atoms with Gasteiger partial charge in [0.25, 0.3) is 0 Å². The minimum atomic E-state index is -0.447. The van der Waals surface area contributed by atoms with E-state index in [1.807, 2.05) is 35.2 Å². The van der Waals surface area contributed by atoms with Crippen molar-refractivity contribution in [2.24, 2.45) is 5.92 Å². The van der Waals surface area contributed by atoms with E-state index in [-0.39, 0.29) is 23.5 Å². The van der Waals surface area contributed by atoms with Crippen LogP contribution in [0.1, 0.15) is 43.7 Å². The summed E-state index contributed by atoms with van der Waals surface area (Å²) in [6.45, 7) is 3.15. The first-order chi connectivity index (χ1) is 15.1. The molecular formula is C25H30FN3O2. The molecule has 0 unspecified atom stereocenters. The average Bonchev–Trinajstić information content (AvgIpc) is 2.82. The summed E-state index contributed by atoms with van der Waals surface area (Å²) in [5, 5.41) is 2.93. The lowest BCUT2D eigenvalue weighted by atomic mass is 9.92. The number of rotatable bonds is 5. The summed E-state index contributed by atoms with van der Waals surface area (Å²) >= 11 is 0. The number of nitrogens with zero attached hydrogens (tertiary/aromatic N) is 2. The Hall–Kier alpha value is -2.73. The quantitative estimate of drug-likeness (QED) is 0.783. The molecule has 0 radical (unpaired) electrons. The molecule has 0 spiro atoms. The van der Waals surface area contributed by atoms with Crippen LogP contribution in [-0.2, 0) is 9.59 Å². The van der Waals surface area contributed by atoms with Gasteiger partial charge in [0.15, 0.2) is 0 Å². The molecule has 5 nitrogen and oxygen atoms in total. The third-order valence-electron chi connectivity index (χ3n) is 6.39. The minimum Gasteiger partial charge on any atom is -0.342 e. The highest BCUT2D eigenvalue weighted by atomic mass is 19.1. The molecule has 6 heteroatoms. The molecule has 0 saturated carbocycles. The van der Waals surface area contributed by atoms with Gasteiger partial charge in [0.05, 0.1) is 0 Å². The summed E-state index contributed by atoms with van der Waals surface area (Å²) < 4.78 is 13.2. The Morgan fingerprint density at radius 3 is 2.16 bits per heavy atom. The molecule has 0 bridgehead atoms. The molecule has 2 aliphatic rings. The van der Waals surface area contributed by atoms with Gasteiger partial charge < -0.3 is 10.2 Å². The van der Waals surface area contributed by atoms with Crippen molar-refractivity contribution in [1.82, 2.24) is 9.80 Å². The first kappa shape index (κ1) is 21.5. The summed E-state index contributed by atoms with van der Waals surface area (Å²) in [7, 11) is 0. The predicted molar refractivity (Wildman–Crippen MR) is 119 cm³/mol. The second kappa shape index (κ2) is 10.1. The number of anilines is 1. The van der Waals surface area contributed by atoms with Crippen LogP contribution in [0, 0.1) is 11.7 Å². The minimum absolute atomic E-state index is 0.0472. The summed E-state index contributed by atoms with van der Waals surface area (Å²) in [6, 6.07) is 15.1. The van der Waals surface area contributed by atoms with Crippen LogP contribution in [0.15, 0.2) is 54.6 Å². The number of benzene rings is 2. The van der Waals surface area contributed by atoms with E-state index in [1.54, 1.807) is 12.1 Å². The van der Waals surface area contributed by atoms with E-state index in [0.29, 0.717) is 18.8 Å². The molecule has 31 heavy (non-hydrogen) atoms. The molecule has 1 N–H and O–H groups in total. The predicted octanol–water partition coefficient (Wildman–Crippen LogP) is 4.23. The van der Waals surface area contributed by atoms with Crippen LogP contribution in [0.3, 0.4) is 0 Å². The molecule has 0 aromatic heterocycles. The van der Waals surface area contributed by atoms with Gasteiger partial charge in [0.2, 0.25) is 11.8 Å². The summed E-state index contributed by atoms with van der Waals surface area (Å²) in [5.74, 6) is -0.144. The van der Waals surface area contributed by atoms with E-state index >= 15 is 0 Å². The zero-order chi connectivity index (χ0) is 21.6. The molecule has 2 saturated heterocycles. The molecule has 164 valence electrons. The van der Waals surface area contributed by atoms with Crippen LogP contribution in [-0.4, -0.2) is 47.8 Å². The SMILES string of the molecule is O=C(Nc1ccc(F)cc1)[C@H](c1ccccc1)N1CCC(C(=O)N2CCCCC2)CC1. The van der Waals surface area contributed by atoms with E-state index in [4.69, 9.17) is 0 Å². The molecule has 1 atom stereocenters. The molecule has 2 fully saturated rings. The number of hydrogen-bond donors (Lipinski definition) is 1. The van der Waals surface area contributed by atoms with E-state index in [1.165, 1.54) is 18.6 Å². The van der Waals surface area contributed by atoms with Crippen LogP contribution < -0.4 is 5.32 Å². The number of halogens is 1. The highest BCUT2D eigenvalue weighted by Gasteiger charge is 2.34. The van der Waals surface area contributed by atoms with Crippen LogP contribution in [0.2, 0.25) is 0 Å². The third kappa shape index (κ3) is 5.31. The summed E-state index contributed by atoms with van der Waals surface area (Å²) in [6.07, 6.45) is 4.95. The fourth-order valence-electron chi connectivity index (χ4n) is 4.68. The van der Waals surface area contributed by atoms with Gasteiger partial charge in [0, 0.05) is 24.7 Å². The Labute approximate surface area is 183 Å². The number of carbonyl (C=O) groups is 2. The van der Waals surface area contributed by atoms with Crippen molar-refractivity contribution in [3.63, 3.8) is 0 Å². The monoisotopic (exact) mass is 423 g/mol. The molecule has 4 rings (SSSR count). The van der Waals surface area contributed by atoms with Crippen molar-refractivity contribution in [2.75, 3.05) is 31.5 Å². The molecule has 0 aliphatic carbocycles. The van der Waals surface area contributed by atoms with Crippen molar-refractivity contribution >= 4 is 17.5 Å². The van der Waals surface area contributed by atoms with Gasteiger partial charge in [-0.05, 0) is 75.0 Å². The molecule has 2 amide bonds. The average molecular weight is 424 g/mol. The van der Waals surface area contributed by atoms with Crippen molar-refractivity contribution in [2.45, 2.75) is 38.1 Å². The fourth-order valence-corrected chi connectivity index (χ4v) is 4.68. The lowest BCUT2D eigenvalue weighted by Crippen LogP contribution is -2.47. The number of hydrogen-bond acceptors (Lipinski definition) is 3. The Balaban J connectivity index is 1.44. The molecular weight excluding hydrogens is 393 g/mol. The maximum Gasteiger partial charge on any atom is 0.246 e. The van der Waals surface area contributed by atoms with E-state index in [9.17, 15) is 14.0 Å². The Bertz CT molecular complexity index is 873. The lowest BCUT2D eigenvalue weighted by Gasteiger charge is -2.38. The van der Waals surface area contributed by atoms with Crippen molar-refractivity contribution in [3.8, 4) is 0 Å². The standard InChI is InChI=1S/C25H30FN3O2/c26-21-9-11-22(12-10-21)27-24(30)23(19-7-3-1-4-8-19)28-17-13-20(14-18-28)25(31)29-15-5-2-6-16-29/h1,3-4,7-12,20,23H,2,5-6,13-18H2,(H,27,30)/t23-/m0/s1. The zero-order valence-electron chi connectivity index (χ0n) is 17.8. The van der Waals surface area contributed by atoms with E-state index < -0.39 is 6.04 Å².